The van der Waals surface area contributed by atoms with E-state index in [1.807, 2.05) is 0 Å². The quantitative estimate of drug-likeness (QED) is 0.766. The molecule has 1 aromatic carbocycles. The zero-order valence-electron chi connectivity index (χ0n) is 8.08. The largest absolute Gasteiger partial charge is 0.461 e. The number of hydrogen-bond acceptors (Lipinski definition) is 3. The number of rotatable bonds is 2. The predicted molar refractivity (Wildman–Crippen MR) is 52.0 cm³/mol. The lowest BCUT2D eigenvalue weighted by atomic mass is 10.2. The van der Waals surface area contributed by atoms with Gasteiger partial charge in [-0.05, 0) is 13.0 Å². The Hall–Kier alpha value is -1.91. The van der Waals surface area contributed by atoms with Gasteiger partial charge in [0.1, 0.15) is 5.52 Å². The van der Waals surface area contributed by atoms with Crippen LogP contribution in [-0.2, 0) is 4.74 Å². The normalized spacial score (nSPS) is 10.5. The van der Waals surface area contributed by atoms with Crippen LogP contribution < -0.4 is 0 Å². The molecule has 2 rings (SSSR count). The molecule has 0 aliphatic heterocycles. The lowest BCUT2D eigenvalue weighted by Gasteiger charge is -1.98. The highest BCUT2D eigenvalue weighted by atomic mass is 19.1. The molecular formula is C10H9FN2O2. The van der Waals surface area contributed by atoms with Crippen LogP contribution in [0.3, 0.4) is 0 Å². The van der Waals surface area contributed by atoms with Crippen LogP contribution in [0.25, 0.3) is 10.9 Å². The molecule has 0 unspecified atom stereocenters. The molecule has 0 saturated carbocycles. The molecule has 2 aromatic rings. The molecule has 0 bridgehead atoms. The Kier molecular flexibility index (Phi) is 2.37. The van der Waals surface area contributed by atoms with Crippen molar-refractivity contribution in [3.05, 3.63) is 29.7 Å². The van der Waals surface area contributed by atoms with Crippen LogP contribution in [0.1, 0.15) is 17.4 Å². The van der Waals surface area contributed by atoms with Gasteiger partial charge in [0, 0.05) is 5.39 Å². The highest BCUT2D eigenvalue weighted by Crippen LogP contribution is 2.18. The number of esters is 1. The summed E-state index contributed by atoms with van der Waals surface area (Å²) in [7, 11) is 0. The van der Waals surface area contributed by atoms with E-state index in [-0.39, 0.29) is 17.8 Å². The second kappa shape index (κ2) is 3.68. The Bertz CT molecular complexity index is 507. The zero-order valence-corrected chi connectivity index (χ0v) is 8.08. The summed E-state index contributed by atoms with van der Waals surface area (Å²) >= 11 is 0. The number of fused-ring (bicyclic) bond motifs is 1. The van der Waals surface area contributed by atoms with Crippen molar-refractivity contribution in [2.75, 3.05) is 6.61 Å². The molecule has 0 fully saturated rings. The summed E-state index contributed by atoms with van der Waals surface area (Å²) in [4.78, 5) is 11.4. The summed E-state index contributed by atoms with van der Waals surface area (Å²) in [5, 5.41) is 6.63. The number of benzene rings is 1. The monoisotopic (exact) mass is 208 g/mol. The summed E-state index contributed by atoms with van der Waals surface area (Å²) in [6.07, 6.45) is 0. The van der Waals surface area contributed by atoms with E-state index in [1.165, 1.54) is 12.1 Å². The first-order valence-electron chi connectivity index (χ1n) is 4.53. The maximum Gasteiger partial charge on any atom is 0.356 e. The van der Waals surface area contributed by atoms with Crippen LogP contribution in [0.4, 0.5) is 4.39 Å². The molecule has 1 aromatic heterocycles. The molecule has 0 spiro atoms. The van der Waals surface area contributed by atoms with Gasteiger partial charge in [0.15, 0.2) is 11.5 Å². The Morgan fingerprint density at radius 1 is 1.60 bits per heavy atom. The number of halogens is 1. The van der Waals surface area contributed by atoms with Gasteiger partial charge in [-0.15, -0.1) is 0 Å². The molecule has 1 N–H and O–H groups in total. The fourth-order valence-corrected chi connectivity index (χ4v) is 1.36. The molecule has 0 aliphatic rings. The van der Waals surface area contributed by atoms with E-state index in [9.17, 15) is 9.18 Å². The van der Waals surface area contributed by atoms with Crippen molar-refractivity contribution in [2.45, 2.75) is 6.92 Å². The van der Waals surface area contributed by atoms with E-state index in [1.54, 1.807) is 13.0 Å². The number of aromatic amines is 1. The number of carbonyl (C=O) groups is 1. The van der Waals surface area contributed by atoms with Crippen molar-refractivity contribution in [2.24, 2.45) is 0 Å². The van der Waals surface area contributed by atoms with Crippen molar-refractivity contribution >= 4 is 16.9 Å². The molecule has 0 atom stereocenters. The van der Waals surface area contributed by atoms with Crippen molar-refractivity contribution < 1.29 is 13.9 Å². The van der Waals surface area contributed by atoms with Crippen LogP contribution >= 0.6 is 0 Å². The first-order valence-corrected chi connectivity index (χ1v) is 4.53. The fourth-order valence-electron chi connectivity index (χ4n) is 1.36. The number of para-hydroxylation sites is 1. The second-order valence-electron chi connectivity index (χ2n) is 2.96. The van der Waals surface area contributed by atoms with Gasteiger partial charge in [0.25, 0.3) is 0 Å². The number of nitrogens with zero attached hydrogens (tertiary/aromatic N) is 1. The minimum Gasteiger partial charge on any atom is -0.461 e. The zero-order chi connectivity index (χ0) is 10.8. The number of ether oxygens (including phenoxy) is 1. The van der Waals surface area contributed by atoms with Gasteiger partial charge >= 0.3 is 5.97 Å². The van der Waals surface area contributed by atoms with E-state index in [0.717, 1.165) is 0 Å². The highest BCUT2D eigenvalue weighted by Gasteiger charge is 2.15. The number of nitrogens with one attached hydrogen (secondary N) is 1. The van der Waals surface area contributed by atoms with Crippen LogP contribution in [0.2, 0.25) is 0 Å². The average Bonchev–Trinajstić information content (AvgIpc) is 2.63. The third-order valence-corrected chi connectivity index (χ3v) is 2.02. The molecule has 0 aliphatic carbocycles. The van der Waals surface area contributed by atoms with Gasteiger partial charge in [0.05, 0.1) is 6.61 Å². The van der Waals surface area contributed by atoms with Gasteiger partial charge in [-0.25, -0.2) is 9.18 Å². The fraction of sp³-hybridized carbons (Fsp3) is 0.200. The molecule has 4 nitrogen and oxygen atoms in total. The van der Waals surface area contributed by atoms with Crippen molar-refractivity contribution in [3.63, 3.8) is 0 Å². The topological polar surface area (TPSA) is 55.0 Å². The average molecular weight is 208 g/mol. The summed E-state index contributed by atoms with van der Waals surface area (Å²) in [6.45, 7) is 1.98. The van der Waals surface area contributed by atoms with Gasteiger partial charge < -0.3 is 4.74 Å². The van der Waals surface area contributed by atoms with E-state index < -0.39 is 11.8 Å². The number of hydrogen-bond donors (Lipinski definition) is 1. The third-order valence-electron chi connectivity index (χ3n) is 2.02. The summed E-state index contributed by atoms with van der Waals surface area (Å²) in [5.41, 5.74) is 0.340. The minimum absolute atomic E-state index is 0.153. The molecule has 0 saturated heterocycles. The standard InChI is InChI=1S/C10H9FN2O2/c1-2-15-10(14)9-6-4-3-5-7(11)8(6)12-13-9/h3-5H,2H2,1H3,(H,12,13). The SMILES string of the molecule is CCOC(=O)c1[nH]nc2c(F)cccc12. The Balaban J connectivity index is 2.54. The van der Waals surface area contributed by atoms with Crippen molar-refractivity contribution in [3.8, 4) is 0 Å². The number of aromatic nitrogens is 2. The molecule has 0 radical (unpaired) electrons. The minimum atomic E-state index is -0.523. The van der Waals surface area contributed by atoms with Crippen molar-refractivity contribution in [1.82, 2.24) is 10.2 Å². The Morgan fingerprint density at radius 3 is 3.13 bits per heavy atom. The molecule has 78 valence electrons. The van der Waals surface area contributed by atoms with Crippen LogP contribution in [0.5, 0.6) is 0 Å². The third kappa shape index (κ3) is 1.56. The van der Waals surface area contributed by atoms with Gasteiger partial charge in [-0.2, -0.15) is 5.10 Å². The number of H-pyrrole nitrogens is 1. The van der Waals surface area contributed by atoms with Crippen LogP contribution in [0.15, 0.2) is 18.2 Å². The second-order valence-corrected chi connectivity index (χ2v) is 2.96. The van der Waals surface area contributed by atoms with Crippen LogP contribution in [-0.4, -0.2) is 22.8 Å². The Morgan fingerprint density at radius 2 is 2.40 bits per heavy atom. The van der Waals surface area contributed by atoms with E-state index in [4.69, 9.17) is 4.74 Å². The maximum absolute atomic E-state index is 13.2. The predicted octanol–water partition coefficient (Wildman–Crippen LogP) is 1.88. The van der Waals surface area contributed by atoms with E-state index in [0.29, 0.717) is 5.39 Å². The first-order chi connectivity index (χ1) is 7.24. The van der Waals surface area contributed by atoms with Crippen molar-refractivity contribution in [1.29, 1.82) is 0 Å². The van der Waals surface area contributed by atoms with E-state index >= 15 is 0 Å². The van der Waals surface area contributed by atoms with Gasteiger partial charge in [0.2, 0.25) is 0 Å². The molecular weight excluding hydrogens is 199 g/mol. The maximum atomic E-state index is 13.2. The number of carbonyl (C=O) groups excluding carboxylic acids is 1. The molecule has 0 amide bonds. The summed E-state index contributed by atoms with van der Waals surface area (Å²) in [5.74, 6) is -0.982. The molecule has 1 heterocycles. The Labute approximate surface area is 85.0 Å². The highest BCUT2D eigenvalue weighted by molar-refractivity contribution is 6.01. The van der Waals surface area contributed by atoms with Gasteiger partial charge in [-0.1, -0.05) is 12.1 Å². The first kappa shape index (κ1) is 9.64. The smallest absolute Gasteiger partial charge is 0.356 e. The molecule has 5 heteroatoms. The lowest BCUT2D eigenvalue weighted by Crippen LogP contribution is -2.05. The van der Waals surface area contributed by atoms with Gasteiger partial charge in [-0.3, -0.25) is 5.10 Å². The summed E-state index contributed by atoms with van der Waals surface area (Å²) < 4.78 is 18.0. The molecule has 15 heavy (non-hydrogen) atoms. The van der Waals surface area contributed by atoms with Crippen LogP contribution in [0, 0.1) is 5.82 Å². The lowest BCUT2D eigenvalue weighted by molar-refractivity contribution is 0.0521. The van der Waals surface area contributed by atoms with E-state index in [2.05, 4.69) is 10.2 Å². The summed E-state index contributed by atoms with van der Waals surface area (Å²) in [6, 6.07) is 4.43.